The quantitative estimate of drug-likeness (QED) is 0.666. The van der Waals surface area contributed by atoms with Crippen LogP contribution in [-0.4, -0.2) is 79.4 Å². The van der Waals surface area contributed by atoms with E-state index in [1.165, 1.54) is 35.2 Å². The Balaban J connectivity index is 1.32. The van der Waals surface area contributed by atoms with Crippen LogP contribution in [0.25, 0.3) is 0 Å². The number of hydrogen-bond donors (Lipinski definition) is 2. The molecular weight excluding hydrogens is 444 g/mol. The third-order valence-corrected chi connectivity index (χ3v) is 6.08. The van der Waals surface area contributed by atoms with Crippen LogP contribution in [0.2, 0.25) is 0 Å². The molecule has 2 aromatic rings. The molecule has 2 aliphatic rings. The number of hydrogen-bond acceptors (Lipinski definition) is 5. The second-order valence-electron chi connectivity index (χ2n) is 8.37. The van der Waals surface area contributed by atoms with Gasteiger partial charge in [-0.2, -0.15) is 0 Å². The van der Waals surface area contributed by atoms with Gasteiger partial charge in [-0.25, -0.2) is 8.78 Å². The van der Waals surface area contributed by atoms with Gasteiger partial charge in [0.05, 0.1) is 18.7 Å². The molecule has 2 fully saturated rings. The van der Waals surface area contributed by atoms with E-state index in [1.54, 1.807) is 18.2 Å². The molecule has 2 heterocycles. The molecule has 0 unspecified atom stereocenters. The minimum absolute atomic E-state index is 0.120. The van der Waals surface area contributed by atoms with E-state index in [0.29, 0.717) is 50.6 Å². The Kier molecular flexibility index (Phi) is 7.36. The van der Waals surface area contributed by atoms with E-state index in [0.717, 1.165) is 0 Å². The van der Waals surface area contributed by atoms with Crippen LogP contribution in [0.4, 0.5) is 20.2 Å². The molecule has 0 aromatic heterocycles. The van der Waals surface area contributed by atoms with Gasteiger partial charge in [0.1, 0.15) is 17.7 Å². The molecule has 2 saturated heterocycles. The summed E-state index contributed by atoms with van der Waals surface area (Å²) in [6.45, 7) is 3.08. The maximum atomic E-state index is 14.1. The van der Waals surface area contributed by atoms with Crippen LogP contribution >= 0.6 is 0 Å². The number of piperazine rings is 2. The molecule has 3 amide bonds. The van der Waals surface area contributed by atoms with Gasteiger partial charge in [0.15, 0.2) is 0 Å². The Hall–Kier alpha value is -3.53. The molecule has 0 bridgehead atoms. The Morgan fingerprint density at radius 1 is 0.971 bits per heavy atom. The number of nitrogens with one attached hydrogen (secondary N) is 2. The molecule has 2 aromatic carbocycles. The molecule has 4 rings (SSSR count). The van der Waals surface area contributed by atoms with E-state index in [2.05, 4.69) is 10.6 Å². The molecule has 0 aliphatic carbocycles. The van der Waals surface area contributed by atoms with E-state index >= 15 is 0 Å². The first-order valence-corrected chi connectivity index (χ1v) is 11.2. The first-order chi connectivity index (χ1) is 16.4. The van der Waals surface area contributed by atoms with Gasteiger partial charge < -0.3 is 20.4 Å². The van der Waals surface area contributed by atoms with E-state index in [4.69, 9.17) is 0 Å². The van der Waals surface area contributed by atoms with Gasteiger partial charge in [0.25, 0.3) is 0 Å². The maximum absolute atomic E-state index is 14.1. The number of benzene rings is 2. The van der Waals surface area contributed by atoms with E-state index in [-0.39, 0.29) is 30.6 Å². The summed E-state index contributed by atoms with van der Waals surface area (Å²) in [7, 11) is 0. The largest absolute Gasteiger partial charge is 0.367 e. The summed E-state index contributed by atoms with van der Waals surface area (Å²) in [5.74, 6) is -1.73. The summed E-state index contributed by atoms with van der Waals surface area (Å²) < 4.78 is 27.1. The SMILES string of the molecule is O=C(C[C@H]1C(=O)NCCN1C(=O)CN1CCN(c2ccccc2F)CC1)Nc1ccc(F)cc1. The Bertz CT molecular complexity index is 1040. The lowest BCUT2D eigenvalue weighted by Crippen LogP contribution is -2.60. The average molecular weight is 472 g/mol. The Morgan fingerprint density at radius 3 is 2.38 bits per heavy atom. The van der Waals surface area contributed by atoms with Crippen molar-refractivity contribution < 1.29 is 23.2 Å². The average Bonchev–Trinajstić information content (AvgIpc) is 2.83. The standard InChI is InChI=1S/C24H27F2N5O3/c25-17-5-7-18(8-6-17)28-22(32)15-21-24(34)27-9-10-31(21)23(33)16-29-11-13-30(14-12-29)20-4-2-1-3-19(20)26/h1-8,21H,9-16H2,(H,27,34)(H,28,32)/t21-/m0/s1. The summed E-state index contributed by atoms with van der Waals surface area (Å²) in [5, 5.41) is 5.34. The summed E-state index contributed by atoms with van der Waals surface area (Å²) in [4.78, 5) is 43.4. The lowest BCUT2D eigenvalue weighted by Gasteiger charge is -2.39. The molecule has 8 nitrogen and oxygen atoms in total. The fourth-order valence-corrected chi connectivity index (χ4v) is 4.27. The van der Waals surface area contributed by atoms with Gasteiger partial charge in [-0.3, -0.25) is 19.3 Å². The van der Waals surface area contributed by atoms with Crippen molar-refractivity contribution in [1.82, 2.24) is 15.1 Å². The lowest BCUT2D eigenvalue weighted by atomic mass is 10.1. The van der Waals surface area contributed by atoms with Crippen LogP contribution in [0.5, 0.6) is 0 Å². The van der Waals surface area contributed by atoms with Crippen LogP contribution < -0.4 is 15.5 Å². The van der Waals surface area contributed by atoms with Crippen LogP contribution in [0.1, 0.15) is 6.42 Å². The molecule has 0 saturated carbocycles. The Labute approximate surface area is 196 Å². The molecule has 1 atom stereocenters. The fourth-order valence-electron chi connectivity index (χ4n) is 4.27. The maximum Gasteiger partial charge on any atom is 0.243 e. The fraction of sp³-hybridized carbons (Fsp3) is 0.375. The second kappa shape index (κ2) is 10.6. The highest BCUT2D eigenvalue weighted by Gasteiger charge is 2.35. The van der Waals surface area contributed by atoms with E-state index in [1.807, 2.05) is 9.80 Å². The third-order valence-electron chi connectivity index (χ3n) is 6.08. The number of para-hydroxylation sites is 1. The molecule has 0 spiro atoms. The smallest absolute Gasteiger partial charge is 0.243 e. The van der Waals surface area contributed by atoms with Crippen LogP contribution in [0.3, 0.4) is 0 Å². The zero-order valence-electron chi connectivity index (χ0n) is 18.7. The highest BCUT2D eigenvalue weighted by molar-refractivity contribution is 5.97. The van der Waals surface area contributed by atoms with Gasteiger partial charge in [0.2, 0.25) is 17.7 Å². The number of halogens is 2. The molecule has 180 valence electrons. The summed E-state index contributed by atoms with van der Waals surface area (Å²) in [5.41, 5.74) is 0.960. The minimum Gasteiger partial charge on any atom is -0.367 e. The van der Waals surface area contributed by atoms with Gasteiger partial charge in [-0.15, -0.1) is 0 Å². The highest BCUT2D eigenvalue weighted by Crippen LogP contribution is 2.20. The number of carbonyl (C=O) groups is 3. The predicted molar refractivity (Wildman–Crippen MR) is 123 cm³/mol. The van der Waals surface area contributed by atoms with Crippen molar-refractivity contribution in [2.45, 2.75) is 12.5 Å². The monoisotopic (exact) mass is 471 g/mol. The van der Waals surface area contributed by atoms with Gasteiger partial charge in [-0.1, -0.05) is 12.1 Å². The van der Waals surface area contributed by atoms with Crippen LogP contribution in [0.15, 0.2) is 48.5 Å². The normalized spacial score (nSPS) is 19.0. The number of anilines is 2. The van der Waals surface area contributed by atoms with Crippen molar-refractivity contribution >= 4 is 29.1 Å². The van der Waals surface area contributed by atoms with E-state index in [9.17, 15) is 23.2 Å². The summed E-state index contributed by atoms with van der Waals surface area (Å²) >= 11 is 0. The van der Waals surface area contributed by atoms with Crippen molar-refractivity contribution in [2.75, 3.05) is 56.0 Å². The molecule has 0 radical (unpaired) electrons. The zero-order valence-corrected chi connectivity index (χ0v) is 18.7. The summed E-state index contributed by atoms with van der Waals surface area (Å²) in [6, 6.07) is 11.0. The lowest BCUT2D eigenvalue weighted by molar-refractivity contribution is -0.145. The van der Waals surface area contributed by atoms with Crippen molar-refractivity contribution in [2.24, 2.45) is 0 Å². The molecular formula is C24H27F2N5O3. The van der Waals surface area contributed by atoms with Crippen LogP contribution in [-0.2, 0) is 14.4 Å². The number of amides is 3. The van der Waals surface area contributed by atoms with E-state index < -0.39 is 17.8 Å². The zero-order chi connectivity index (χ0) is 24.1. The van der Waals surface area contributed by atoms with Crippen molar-refractivity contribution in [1.29, 1.82) is 0 Å². The van der Waals surface area contributed by atoms with Crippen molar-refractivity contribution in [3.05, 3.63) is 60.2 Å². The van der Waals surface area contributed by atoms with Crippen molar-refractivity contribution in [3.8, 4) is 0 Å². The molecule has 34 heavy (non-hydrogen) atoms. The minimum atomic E-state index is -0.915. The topological polar surface area (TPSA) is 85.0 Å². The van der Waals surface area contributed by atoms with Gasteiger partial charge >= 0.3 is 0 Å². The number of rotatable bonds is 6. The van der Waals surface area contributed by atoms with Crippen LogP contribution in [0, 0.1) is 11.6 Å². The second-order valence-corrected chi connectivity index (χ2v) is 8.37. The number of nitrogens with zero attached hydrogens (tertiary/aromatic N) is 3. The van der Waals surface area contributed by atoms with Gasteiger partial charge in [-0.05, 0) is 36.4 Å². The molecule has 2 N–H and O–H groups in total. The Morgan fingerprint density at radius 2 is 1.68 bits per heavy atom. The molecule has 10 heteroatoms. The highest BCUT2D eigenvalue weighted by atomic mass is 19.1. The van der Waals surface area contributed by atoms with Gasteiger partial charge in [0, 0.05) is 45.0 Å². The third kappa shape index (κ3) is 5.69. The number of carbonyl (C=O) groups excluding carboxylic acids is 3. The van der Waals surface area contributed by atoms with Crippen molar-refractivity contribution in [3.63, 3.8) is 0 Å². The summed E-state index contributed by atoms with van der Waals surface area (Å²) in [6.07, 6.45) is -0.198. The molecule has 2 aliphatic heterocycles. The first-order valence-electron chi connectivity index (χ1n) is 11.2. The first kappa shape index (κ1) is 23.6. The predicted octanol–water partition coefficient (Wildman–Crippen LogP) is 1.44.